The minimum absolute atomic E-state index is 0.105. The van der Waals surface area contributed by atoms with E-state index >= 15 is 0 Å². The average molecular weight is 171 g/mol. The summed E-state index contributed by atoms with van der Waals surface area (Å²) in [7, 11) is 0. The quantitative estimate of drug-likeness (QED) is 0.613. The monoisotopic (exact) mass is 171 g/mol. The van der Waals surface area contributed by atoms with Crippen LogP contribution in [0.5, 0.6) is 0 Å². The fourth-order valence-electron chi connectivity index (χ4n) is 0.706. The molecule has 0 unspecified atom stereocenters. The van der Waals surface area contributed by atoms with E-state index in [0.717, 1.165) is 6.07 Å². The molecule has 0 aliphatic carbocycles. The van der Waals surface area contributed by atoms with Gasteiger partial charge in [0, 0.05) is 4.90 Å². The molecule has 1 aromatic rings. The number of primary amides is 1. The molecule has 2 nitrogen and oxygen atoms in total. The van der Waals surface area contributed by atoms with Gasteiger partial charge in [0.15, 0.2) is 0 Å². The average Bonchev–Trinajstić information content (AvgIpc) is 1.94. The largest absolute Gasteiger partial charge is 0.366 e. The van der Waals surface area contributed by atoms with Crippen LogP contribution in [0.3, 0.4) is 0 Å². The van der Waals surface area contributed by atoms with E-state index in [-0.39, 0.29) is 5.56 Å². The molecule has 4 heteroatoms. The zero-order chi connectivity index (χ0) is 8.43. The predicted molar refractivity (Wildman–Crippen MR) is 42.2 cm³/mol. The Balaban J connectivity index is 3.23. The lowest BCUT2D eigenvalue weighted by Gasteiger charge is -1.98. The van der Waals surface area contributed by atoms with Crippen molar-refractivity contribution in [3.63, 3.8) is 0 Å². The summed E-state index contributed by atoms with van der Waals surface area (Å²) in [6.07, 6.45) is 0. The van der Waals surface area contributed by atoms with Gasteiger partial charge in [-0.05, 0) is 18.2 Å². The minimum atomic E-state index is -0.672. The zero-order valence-electron chi connectivity index (χ0n) is 5.54. The van der Waals surface area contributed by atoms with E-state index in [1.54, 1.807) is 0 Å². The number of carbonyl (C=O) groups is 1. The molecule has 0 spiro atoms. The molecular formula is C7H6FNOS. The number of benzene rings is 1. The summed E-state index contributed by atoms with van der Waals surface area (Å²) in [6.45, 7) is 0. The first-order valence-corrected chi connectivity index (χ1v) is 3.34. The Morgan fingerprint density at radius 2 is 2.18 bits per heavy atom. The van der Waals surface area contributed by atoms with E-state index in [1.165, 1.54) is 12.1 Å². The maximum atomic E-state index is 12.5. The molecule has 11 heavy (non-hydrogen) atoms. The molecule has 0 atom stereocenters. The van der Waals surface area contributed by atoms with Crippen LogP contribution in [0.1, 0.15) is 10.4 Å². The van der Waals surface area contributed by atoms with E-state index in [0.29, 0.717) is 4.90 Å². The van der Waals surface area contributed by atoms with Crippen molar-refractivity contribution in [2.24, 2.45) is 5.73 Å². The summed E-state index contributed by atoms with van der Waals surface area (Å²) in [5.41, 5.74) is 5.03. The van der Waals surface area contributed by atoms with Gasteiger partial charge in [-0.2, -0.15) is 0 Å². The summed E-state index contributed by atoms with van der Waals surface area (Å²) < 4.78 is 12.5. The zero-order valence-corrected chi connectivity index (χ0v) is 6.44. The fourth-order valence-corrected chi connectivity index (χ4v) is 0.955. The van der Waals surface area contributed by atoms with Crippen LogP contribution in [0.15, 0.2) is 23.1 Å². The highest BCUT2D eigenvalue weighted by atomic mass is 32.1. The van der Waals surface area contributed by atoms with Crippen LogP contribution < -0.4 is 5.73 Å². The van der Waals surface area contributed by atoms with Gasteiger partial charge in [-0.3, -0.25) is 4.79 Å². The molecule has 58 valence electrons. The molecule has 0 aliphatic rings. The van der Waals surface area contributed by atoms with Crippen molar-refractivity contribution < 1.29 is 9.18 Å². The van der Waals surface area contributed by atoms with Gasteiger partial charge in [0.25, 0.3) is 0 Å². The number of halogens is 1. The summed E-state index contributed by atoms with van der Waals surface area (Å²) in [5.74, 6) is -1.16. The van der Waals surface area contributed by atoms with E-state index in [1.807, 2.05) is 0 Å². The summed E-state index contributed by atoms with van der Waals surface area (Å²) in [4.78, 5) is 11.0. The van der Waals surface area contributed by atoms with Crippen molar-refractivity contribution in [1.29, 1.82) is 0 Å². The van der Waals surface area contributed by atoms with E-state index in [9.17, 15) is 9.18 Å². The maximum Gasteiger partial charge on any atom is 0.249 e. The van der Waals surface area contributed by atoms with Gasteiger partial charge >= 0.3 is 0 Å². The Labute approximate surface area is 68.6 Å². The SMILES string of the molecule is NC(=O)c1cc(F)ccc1S. The van der Waals surface area contributed by atoms with E-state index in [4.69, 9.17) is 5.73 Å². The Bertz CT molecular complexity index is 300. The number of hydrogen-bond donors (Lipinski definition) is 2. The van der Waals surface area contributed by atoms with Gasteiger partial charge in [-0.1, -0.05) is 0 Å². The molecule has 0 heterocycles. The van der Waals surface area contributed by atoms with Crippen LogP contribution in [0, 0.1) is 5.82 Å². The van der Waals surface area contributed by atoms with Crippen LogP contribution in [0.2, 0.25) is 0 Å². The molecule has 1 amide bonds. The maximum absolute atomic E-state index is 12.5. The standard InChI is InChI=1S/C7H6FNOS/c8-4-1-2-6(11)5(3-4)7(9)10/h1-3,11H,(H2,9,10). The first-order chi connectivity index (χ1) is 5.11. The molecule has 0 aliphatic heterocycles. The van der Waals surface area contributed by atoms with E-state index in [2.05, 4.69) is 12.6 Å². The van der Waals surface area contributed by atoms with E-state index < -0.39 is 11.7 Å². The second-order valence-electron chi connectivity index (χ2n) is 2.03. The van der Waals surface area contributed by atoms with Gasteiger partial charge < -0.3 is 5.73 Å². The summed E-state index contributed by atoms with van der Waals surface area (Å²) in [6, 6.07) is 3.66. The lowest BCUT2D eigenvalue weighted by atomic mass is 10.2. The second-order valence-corrected chi connectivity index (χ2v) is 2.51. The number of thiol groups is 1. The molecule has 1 rings (SSSR count). The fraction of sp³-hybridized carbons (Fsp3) is 0. The minimum Gasteiger partial charge on any atom is -0.366 e. The third kappa shape index (κ3) is 1.71. The first-order valence-electron chi connectivity index (χ1n) is 2.89. The van der Waals surface area contributed by atoms with Crippen LogP contribution in [-0.2, 0) is 0 Å². The number of amides is 1. The van der Waals surface area contributed by atoms with Gasteiger partial charge in [0.2, 0.25) is 5.91 Å². The number of rotatable bonds is 1. The highest BCUT2D eigenvalue weighted by Gasteiger charge is 2.05. The normalized spacial score (nSPS) is 9.64. The lowest BCUT2D eigenvalue weighted by molar-refractivity contribution is 0.0997. The first kappa shape index (κ1) is 8.07. The third-order valence-corrected chi connectivity index (χ3v) is 1.61. The molecule has 0 saturated carbocycles. The van der Waals surface area contributed by atoms with Gasteiger partial charge in [-0.15, -0.1) is 12.6 Å². The molecule has 0 bridgehead atoms. The molecule has 0 radical (unpaired) electrons. The van der Waals surface area contributed by atoms with Gasteiger partial charge in [0.05, 0.1) is 5.56 Å². The van der Waals surface area contributed by atoms with Crippen molar-refractivity contribution in [2.45, 2.75) is 4.90 Å². The number of carbonyl (C=O) groups excluding carboxylic acids is 1. The van der Waals surface area contributed by atoms with Crippen molar-refractivity contribution >= 4 is 18.5 Å². The van der Waals surface area contributed by atoms with Gasteiger partial charge in [-0.25, -0.2) is 4.39 Å². The topological polar surface area (TPSA) is 43.1 Å². The lowest BCUT2D eigenvalue weighted by Crippen LogP contribution is -2.11. The van der Waals surface area contributed by atoms with Crippen LogP contribution in [0.25, 0.3) is 0 Å². The van der Waals surface area contributed by atoms with Crippen molar-refractivity contribution in [1.82, 2.24) is 0 Å². The van der Waals surface area contributed by atoms with Gasteiger partial charge in [0.1, 0.15) is 5.82 Å². The highest BCUT2D eigenvalue weighted by Crippen LogP contribution is 2.13. The summed E-state index contributed by atoms with van der Waals surface area (Å²) in [5, 5.41) is 0. The molecular weight excluding hydrogens is 165 g/mol. The Morgan fingerprint density at radius 3 is 2.64 bits per heavy atom. The Morgan fingerprint density at radius 1 is 1.55 bits per heavy atom. The number of hydrogen-bond acceptors (Lipinski definition) is 2. The third-order valence-electron chi connectivity index (χ3n) is 1.22. The van der Waals surface area contributed by atoms with Crippen molar-refractivity contribution in [3.8, 4) is 0 Å². The highest BCUT2D eigenvalue weighted by molar-refractivity contribution is 7.80. The molecule has 0 saturated heterocycles. The molecule has 0 fully saturated rings. The summed E-state index contributed by atoms with van der Waals surface area (Å²) >= 11 is 3.92. The van der Waals surface area contributed by atoms with Crippen LogP contribution in [-0.4, -0.2) is 5.91 Å². The molecule has 1 aromatic carbocycles. The Kier molecular flexibility index (Phi) is 2.14. The smallest absolute Gasteiger partial charge is 0.249 e. The molecule has 2 N–H and O–H groups in total. The number of nitrogens with two attached hydrogens (primary N) is 1. The van der Waals surface area contributed by atoms with Crippen LogP contribution >= 0.6 is 12.6 Å². The second kappa shape index (κ2) is 2.92. The Hall–Kier alpha value is -1.03. The van der Waals surface area contributed by atoms with Crippen molar-refractivity contribution in [2.75, 3.05) is 0 Å². The van der Waals surface area contributed by atoms with Crippen LogP contribution in [0.4, 0.5) is 4.39 Å². The van der Waals surface area contributed by atoms with Crippen molar-refractivity contribution in [3.05, 3.63) is 29.6 Å². The predicted octanol–water partition coefficient (Wildman–Crippen LogP) is 1.21. The molecule has 0 aromatic heterocycles.